The molecule has 0 heterocycles. The van der Waals surface area contributed by atoms with Gasteiger partial charge >= 0.3 is 0 Å². The van der Waals surface area contributed by atoms with Crippen LogP contribution in [0.25, 0.3) is 0 Å². The summed E-state index contributed by atoms with van der Waals surface area (Å²) in [6.07, 6.45) is 1.14. The smallest absolute Gasteiger partial charge is 0.224 e. The van der Waals surface area contributed by atoms with Crippen LogP contribution in [0.3, 0.4) is 0 Å². The minimum atomic E-state index is 0.0262. The van der Waals surface area contributed by atoms with Crippen molar-refractivity contribution in [1.82, 2.24) is 5.32 Å². The molecule has 0 bridgehead atoms. The first kappa shape index (κ1) is 19.3. The summed E-state index contributed by atoms with van der Waals surface area (Å²) in [5.74, 6) is 1.54. The molecule has 4 nitrogen and oxygen atoms in total. The number of carbonyl (C=O) groups is 1. The summed E-state index contributed by atoms with van der Waals surface area (Å²) in [6.45, 7) is 5.68. The fourth-order valence-corrected chi connectivity index (χ4v) is 2.71. The average Bonchev–Trinajstić information content (AvgIpc) is 2.59. The Morgan fingerprint density at radius 3 is 2.28 bits per heavy atom. The average molecular weight is 406 g/mol. The number of ether oxygens (including phenoxy) is 2. The molecule has 1 N–H and O–H groups in total. The van der Waals surface area contributed by atoms with Gasteiger partial charge in [0.1, 0.15) is 0 Å². The number of hydrogen-bond donors (Lipinski definition) is 1. The first-order valence-electron chi connectivity index (χ1n) is 8.52. The molecule has 2 aromatic carbocycles. The highest BCUT2D eigenvalue weighted by Crippen LogP contribution is 2.28. The quantitative estimate of drug-likeness (QED) is 0.681. The van der Waals surface area contributed by atoms with Crippen molar-refractivity contribution in [2.24, 2.45) is 0 Å². The molecule has 0 aromatic heterocycles. The van der Waals surface area contributed by atoms with E-state index in [-0.39, 0.29) is 5.91 Å². The highest BCUT2D eigenvalue weighted by Gasteiger charge is 2.07. The van der Waals surface area contributed by atoms with E-state index < -0.39 is 0 Å². The van der Waals surface area contributed by atoms with Crippen molar-refractivity contribution in [3.8, 4) is 11.5 Å². The first-order chi connectivity index (χ1) is 12.1. The van der Waals surface area contributed by atoms with Crippen LogP contribution in [0.5, 0.6) is 11.5 Å². The predicted molar refractivity (Wildman–Crippen MR) is 103 cm³/mol. The van der Waals surface area contributed by atoms with Crippen molar-refractivity contribution >= 4 is 21.8 Å². The summed E-state index contributed by atoms with van der Waals surface area (Å²) in [5.41, 5.74) is 2.11. The Bertz CT molecular complexity index is 686. The standard InChI is InChI=1S/C20H24BrNO3/c1-3-24-18-10-7-16(13-19(18)25-4-2)11-12-22-20(23)14-15-5-8-17(21)9-6-15/h5-10,13H,3-4,11-12,14H2,1-2H3,(H,22,23). The highest BCUT2D eigenvalue weighted by atomic mass is 79.9. The summed E-state index contributed by atoms with van der Waals surface area (Å²) >= 11 is 3.39. The topological polar surface area (TPSA) is 47.6 Å². The van der Waals surface area contributed by atoms with Crippen LogP contribution < -0.4 is 14.8 Å². The second-order valence-electron chi connectivity index (χ2n) is 5.55. The van der Waals surface area contributed by atoms with Crippen molar-refractivity contribution in [1.29, 1.82) is 0 Å². The van der Waals surface area contributed by atoms with Crippen LogP contribution in [0.1, 0.15) is 25.0 Å². The Kier molecular flexibility index (Phi) is 7.79. The van der Waals surface area contributed by atoms with Crippen LogP contribution in [-0.2, 0) is 17.6 Å². The van der Waals surface area contributed by atoms with E-state index in [1.165, 1.54) is 0 Å². The number of carbonyl (C=O) groups excluding carboxylic acids is 1. The molecule has 0 atom stereocenters. The molecule has 25 heavy (non-hydrogen) atoms. The van der Waals surface area contributed by atoms with Crippen LogP contribution >= 0.6 is 15.9 Å². The first-order valence-corrected chi connectivity index (χ1v) is 9.31. The maximum Gasteiger partial charge on any atom is 0.224 e. The lowest BCUT2D eigenvalue weighted by Gasteiger charge is -2.12. The molecule has 0 saturated heterocycles. The van der Waals surface area contributed by atoms with E-state index >= 15 is 0 Å². The van der Waals surface area contributed by atoms with Crippen molar-refractivity contribution in [2.75, 3.05) is 19.8 Å². The molecular weight excluding hydrogens is 382 g/mol. The van der Waals surface area contributed by atoms with E-state index in [2.05, 4.69) is 21.2 Å². The number of benzene rings is 2. The second kappa shape index (κ2) is 10.1. The maximum absolute atomic E-state index is 12.0. The van der Waals surface area contributed by atoms with Gasteiger partial charge in [0.2, 0.25) is 5.91 Å². The third-order valence-electron chi connectivity index (χ3n) is 3.62. The van der Waals surface area contributed by atoms with Crippen molar-refractivity contribution in [2.45, 2.75) is 26.7 Å². The molecule has 0 saturated carbocycles. The van der Waals surface area contributed by atoms with Crippen LogP contribution in [0.4, 0.5) is 0 Å². The minimum absolute atomic E-state index is 0.0262. The predicted octanol–water partition coefficient (Wildman–Crippen LogP) is 4.15. The van der Waals surface area contributed by atoms with E-state index in [9.17, 15) is 4.79 Å². The monoisotopic (exact) mass is 405 g/mol. The van der Waals surface area contributed by atoms with Gasteiger partial charge in [-0.05, 0) is 55.7 Å². The van der Waals surface area contributed by atoms with Gasteiger partial charge in [-0.25, -0.2) is 0 Å². The van der Waals surface area contributed by atoms with Gasteiger partial charge in [-0.2, -0.15) is 0 Å². The van der Waals surface area contributed by atoms with Crippen LogP contribution in [0.2, 0.25) is 0 Å². The normalized spacial score (nSPS) is 10.4. The molecule has 2 aromatic rings. The molecule has 0 fully saturated rings. The molecule has 0 aliphatic carbocycles. The van der Waals surface area contributed by atoms with Crippen LogP contribution in [0.15, 0.2) is 46.9 Å². The lowest BCUT2D eigenvalue weighted by molar-refractivity contribution is -0.120. The van der Waals surface area contributed by atoms with Gasteiger partial charge in [-0.1, -0.05) is 34.1 Å². The molecule has 0 aliphatic rings. The molecule has 0 radical (unpaired) electrons. The molecule has 0 spiro atoms. The maximum atomic E-state index is 12.0. The van der Waals surface area contributed by atoms with Gasteiger partial charge in [0.25, 0.3) is 0 Å². The van der Waals surface area contributed by atoms with E-state index in [1.54, 1.807) is 0 Å². The van der Waals surface area contributed by atoms with Gasteiger partial charge in [0.15, 0.2) is 11.5 Å². The summed E-state index contributed by atoms with van der Waals surface area (Å²) in [5, 5.41) is 2.96. The van der Waals surface area contributed by atoms with Gasteiger partial charge in [0.05, 0.1) is 19.6 Å². The molecule has 1 amide bonds. The zero-order chi connectivity index (χ0) is 18.1. The summed E-state index contributed by atoms with van der Waals surface area (Å²) in [6, 6.07) is 13.7. The Morgan fingerprint density at radius 1 is 0.960 bits per heavy atom. The number of rotatable bonds is 9. The minimum Gasteiger partial charge on any atom is -0.490 e. The number of halogens is 1. The van der Waals surface area contributed by atoms with Gasteiger partial charge in [0, 0.05) is 11.0 Å². The fourth-order valence-electron chi connectivity index (χ4n) is 2.45. The van der Waals surface area contributed by atoms with E-state index in [0.717, 1.165) is 33.5 Å². The Hall–Kier alpha value is -2.01. The third-order valence-corrected chi connectivity index (χ3v) is 4.15. The molecule has 0 aliphatic heterocycles. The summed E-state index contributed by atoms with van der Waals surface area (Å²) < 4.78 is 12.2. The number of amides is 1. The lowest BCUT2D eigenvalue weighted by Crippen LogP contribution is -2.27. The van der Waals surface area contributed by atoms with Crippen molar-refractivity contribution < 1.29 is 14.3 Å². The highest BCUT2D eigenvalue weighted by molar-refractivity contribution is 9.10. The van der Waals surface area contributed by atoms with Gasteiger partial charge in [-0.3, -0.25) is 4.79 Å². The van der Waals surface area contributed by atoms with Crippen molar-refractivity contribution in [3.05, 3.63) is 58.1 Å². The van der Waals surface area contributed by atoms with Crippen molar-refractivity contribution in [3.63, 3.8) is 0 Å². The zero-order valence-corrected chi connectivity index (χ0v) is 16.3. The third kappa shape index (κ3) is 6.42. The van der Waals surface area contributed by atoms with Crippen LogP contribution in [0, 0.1) is 0 Å². The molecular formula is C20H24BrNO3. The lowest BCUT2D eigenvalue weighted by atomic mass is 10.1. The molecule has 2 rings (SSSR count). The number of nitrogens with one attached hydrogen (secondary N) is 1. The summed E-state index contributed by atoms with van der Waals surface area (Å²) in [4.78, 5) is 12.0. The molecule has 0 unspecified atom stereocenters. The van der Waals surface area contributed by atoms with Crippen LogP contribution in [-0.4, -0.2) is 25.7 Å². The molecule has 134 valence electrons. The Balaban J connectivity index is 1.85. The second-order valence-corrected chi connectivity index (χ2v) is 6.47. The van der Waals surface area contributed by atoms with Gasteiger partial charge < -0.3 is 14.8 Å². The fraction of sp³-hybridized carbons (Fsp3) is 0.350. The molecule has 5 heteroatoms. The Morgan fingerprint density at radius 2 is 1.60 bits per heavy atom. The SMILES string of the molecule is CCOc1ccc(CCNC(=O)Cc2ccc(Br)cc2)cc1OCC. The van der Waals surface area contributed by atoms with Gasteiger partial charge in [-0.15, -0.1) is 0 Å². The zero-order valence-electron chi connectivity index (χ0n) is 14.7. The van der Waals surface area contributed by atoms with E-state index in [4.69, 9.17) is 9.47 Å². The Labute approximate surface area is 157 Å². The largest absolute Gasteiger partial charge is 0.490 e. The summed E-state index contributed by atoms with van der Waals surface area (Å²) in [7, 11) is 0. The van der Waals surface area contributed by atoms with E-state index in [1.807, 2.05) is 56.3 Å². The number of hydrogen-bond acceptors (Lipinski definition) is 3. The van der Waals surface area contributed by atoms with E-state index in [0.29, 0.717) is 26.2 Å².